The number of benzene rings is 1. The van der Waals surface area contributed by atoms with E-state index in [2.05, 4.69) is 15.3 Å². The number of carbonyl (C=O) groups excluding carboxylic acids is 3. The van der Waals surface area contributed by atoms with Gasteiger partial charge < -0.3 is 10.2 Å². The molecule has 3 heterocycles. The summed E-state index contributed by atoms with van der Waals surface area (Å²) in [5.41, 5.74) is 3.12. The molecule has 8 heteroatoms. The van der Waals surface area contributed by atoms with E-state index in [4.69, 9.17) is 0 Å². The van der Waals surface area contributed by atoms with E-state index >= 15 is 4.39 Å². The monoisotopic (exact) mass is 472 g/mol. The summed E-state index contributed by atoms with van der Waals surface area (Å²) in [5, 5.41) is 2.77. The molecule has 1 N–H and O–H groups in total. The smallest absolute Gasteiger partial charge is 0.244 e. The number of aromatic nitrogens is 2. The third kappa shape index (κ3) is 4.20. The van der Waals surface area contributed by atoms with E-state index < -0.39 is 17.8 Å². The first kappa shape index (κ1) is 22.8. The molecule has 0 saturated heterocycles. The lowest BCUT2D eigenvalue weighted by atomic mass is 9.82. The highest BCUT2D eigenvalue weighted by Gasteiger charge is 2.36. The lowest BCUT2D eigenvalue weighted by Gasteiger charge is -2.28. The van der Waals surface area contributed by atoms with Gasteiger partial charge in [-0.1, -0.05) is 12.5 Å². The zero-order chi connectivity index (χ0) is 24.7. The Bertz CT molecular complexity index is 1330. The van der Waals surface area contributed by atoms with E-state index in [1.54, 1.807) is 55.6 Å². The van der Waals surface area contributed by atoms with Crippen LogP contribution in [0.25, 0.3) is 11.1 Å². The zero-order valence-electron chi connectivity index (χ0n) is 19.5. The molecule has 178 valence electrons. The number of carbonyl (C=O) groups is 3. The molecule has 0 bridgehead atoms. The van der Waals surface area contributed by atoms with E-state index in [-0.39, 0.29) is 29.7 Å². The molecule has 5 rings (SSSR count). The highest BCUT2D eigenvalue weighted by atomic mass is 19.1. The first-order valence-corrected chi connectivity index (χ1v) is 11.7. The second kappa shape index (κ2) is 9.02. The minimum atomic E-state index is -0.673. The fraction of sp³-hybridized carbons (Fsp3) is 0.296. The van der Waals surface area contributed by atoms with Crippen molar-refractivity contribution in [2.24, 2.45) is 0 Å². The molecule has 1 aromatic carbocycles. The van der Waals surface area contributed by atoms with Gasteiger partial charge in [0.15, 0.2) is 5.78 Å². The molecule has 1 fully saturated rings. The number of halogens is 1. The van der Waals surface area contributed by atoms with Crippen LogP contribution in [-0.2, 0) is 9.59 Å². The Morgan fingerprint density at radius 1 is 1.17 bits per heavy atom. The Balaban J connectivity index is 1.53. The molecule has 2 amide bonds. The Labute approximate surface area is 202 Å². The predicted molar refractivity (Wildman–Crippen MR) is 130 cm³/mol. The number of ketones is 1. The van der Waals surface area contributed by atoms with Crippen LogP contribution in [0.2, 0.25) is 0 Å². The van der Waals surface area contributed by atoms with E-state index in [0.29, 0.717) is 33.9 Å². The molecule has 7 nitrogen and oxygen atoms in total. The van der Waals surface area contributed by atoms with Gasteiger partial charge in [0, 0.05) is 34.6 Å². The standard InChI is InChI=1S/C27H25FN4O3/c1-15-25-20(7-4-12-29-25)24-22(13-21(31-26(24)28)18-5-3-6-18)32(27(15)35)14-23(34)30-19-10-8-17(9-11-19)16(2)33/h4,7-13,15,18H,3,5-6,14H2,1-2H3,(H,30,34). The second-order valence-electron chi connectivity index (χ2n) is 9.12. The van der Waals surface area contributed by atoms with Gasteiger partial charge >= 0.3 is 0 Å². The zero-order valence-corrected chi connectivity index (χ0v) is 19.5. The van der Waals surface area contributed by atoms with Crippen molar-refractivity contribution in [1.29, 1.82) is 0 Å². The second-order valence-corrected chi connectivity index (χ2v) is 9.12. The molecule has 1 aliphatic carbocycles. The van der Waals surface area contributed by atoms with Gasteiger partial charge in [0.25, 0.3) is 0 Å². The lowest BCUT2D eigenvalue weighted by Crippen LogP contribution is -2.40. The third-order valence-corrected chi connectivity index (χ3v) is 6.82. The highest BCUT2D eigenvalue weighted by Crippen LogP contribution is 2.44. The summed E-state index contributed by atoms with van der Waals surface area (Å²) in [6, 6.07) is 11.7. The van der Waals surface area contributed by atoms with Crippen LogP contribution in [-0.4, -0.2) is 34.1 Å². The van der Waals surface area contributed by atoms with Crippen molar-refractivity contribution in [3.05, 3.63) is 71.6 Å². The topological polar surface area (TPSA) is 92.3 Å². The van der Waals surface area contributed by atoms with Gasteiger partial charge in [-0.2, -0.15) is 4.39 Å². The number of nitrogens with zero attached hydrogens (tertiary/aromatic N) is 3. The van der Waals surface area contributed by atoms with E-state index in [1.807, 2.05) is 0 Å². The van der Waals surface area contributed by atoms with Crippen molar-refractivity contribution in [1.82, 2.24) is 9.97 Å². The first-order valence-electron chi connectivity index (χ1n) is 11.7. The van der Waals surface area contributed by atoms with Crippen LogP contribution < -0.4 is 10.2 Å². The van der Waals surface area contributed by atoms with Crippen molar-refractivity contribution in [2.45, 2.75) is 44.9 Å². The SMILES string of the molecule is CC(=O)c1ccc(NC(=O)CN2C(=O)C(C)c3ncccc3-c3c2cc(C2CCC2)nc3F)cc1. The van der Waals surface area contributed by atoms with Crippen molar-refractivity contribution in [3.63, 3.8) is 0 Å². The van der Waals surface area contributed by atoms with E-state index in [0.717, 1.165) is 19.3 Å². The average Bonchev–Trinajstić information content (AvgIpc) is 2.88. The molecule has 1 atom stereocenters. The quantitative estimate of drug-likeness (QED) is 0.424. The molecule has 1 saturated carbocycles. The molecular weight excluding hydrogens is 447 g/mol. The predicted octanol–water partition coefficient (Wildman–Crippen LogP) is 4.84. The van der Waals surface area contributed by atoms with Crippen LogP contribution >= 0.6 is 0 Å². The molecule has 2 aliphatic rings. The van der Waals surface area contributed by atoms with Gasteiger partial charge in [-0.3, -0.25) is 19.4 Å². The van der Waals surface area contributed by atoms with Gasteiger partial charge in [-0.15, -0.1) is 0 Å². The number of amides is 2. The minimum Gasteiger partial charge on any atom is -0.325 e. The number of pyridine rings is 2. The van der Waals surface area contributed by atoms with Crippen LogP contribution in [0.3, 0.4) is 0 Å². The summed E-state index contributed by atoms with van der Waals surface area (Å²) >= 11 is 0. The Kier molecular flexibility index (Phi) is 5.88. The fourth-order valence-corrected chi connectivity index (χ4v) is 4.63. The number of fused-ring (bicyclic) bond motifs is 3. The molecule has 0 radical (unpaired) electrons. The first-order chi connectivity index (χ1) is 16.8. The number of nitrogens with one attached hydrogen (secondary N) is 1. The number of anilines is 2. The highest BCUT2D eigenvalue weighted by molar-refractivity contribution is 6.09. The third-order valence-electron chi connectivity index (χ3n) is 6.82. The molecule has 35 heavy (non-hydrogen) atoms. The van der Waals surface area contributed by atoms with Crippen molar-refractivity contribution < 1.29 is 18.8 Å². The molecular formula is C27H25FN4O3. The Hall–Kier alpha value is -3.94. The molecule has 3 aromatic rings. The number of Topliss-reactive ketones (excluding diaryl/α,β-unsaturated/α-hetero) is 1. The summed E-state index contributed by atoms with van der Waals surface area (Å²) in [6.07, 6.45) is 4.47. The van der Waals surface area contributed by atoms with Crippen molar-refractivity contribution >= 4 is 29.0 Å². The van der Waals surface area contributed by atoms with Crippen LogP contribution in [0, 0.1) is 5.95 Å². The summed E-state index contributed by atoms with van der Waals surface area (Å²) in [5.74, 6) is -2.04. The molecule has 1 aliphatic heterocycles. The van der Waals surface area contributed by atoms with Gasteiger partial charge in [0.05, 0.1) is 22.9 Å². The largest absolute Gasteiger partial charge is 0.325 e. The summed E-state index contributed by atoms with van der Waals surface area (Å²) < 4.78 is 15.5. The number of hydrogen-bond donors (Lipinski definition) is 1. The maximum Gasteiger partial charge on any atom is 0.244 e. The molecule has 1 unspecified atom stereocenters. The van der Waals surface area contributed by atoms with E-state index in [1.165, 1.54) is 11.8 Å². The number of rotatable bonds is 5. The van der Waals surface area contributed by atoms with Gasteiger partial charge in [0.2, 0.25) is 17.8 Å². The summed E-state index contributed by atoms with van der Waals surface area (Å²) in [6.45, 7) is 2.88. The average molecular weight is 473 g/mol. The summed E-state index contributed by atoms with van der Waals surface area (Å²) in [7, 11) is 0. The summed E-state index contributed by atoms with van der Waals surface area (Å²) in [4.78, 5) is 48.1. The van der Waals surface area contributed by atoms with Crippen LogP contribution in [0.15, 0.2) is 48.7 Å². The Morgan fingerprint density at radius 2 is 1.91 bits per heavy atom. The normalized spacial score (nSPS) is 17.2. The minimum absolute atomic E-state index is 0.0743. The van der Waals surface area contributed by atoms with Crippen LogP contribution in [0.5, 0.6) is 0 Å². The fourth-order valence-electron chi connectivity index (χ4n) is 4.63. The lowest BCUT2D eigenvalue weighted by molar-refractivity contribution is -0.122. The van der Waals surface area contributed by atoms with E-state index in [9.17, 15) is 14.4 Å². The van der Waals surface area contributed by atoms with Gasteiger partial charge in [-0.05, 0) is 63.1 Å². The van der Waals surface area contributed by atoms with Crippen LogP contribution in [0.1, 0.15) is 66.7 Å². The van der Waals surface area contributed by atoms with Gasteiger partial charge in [0.1, 0.15) is 6.54 Å². The van der Waals surface area contributed by atoms with Crippen LogP contribution in [0.4, 0.5) is 15.8 Å². The number of hydrogen-bond acceptors (Lipinski definition) is 5. The van der Waals surface area contributed by atoms with Gasteiger partial charge in [-0.25, -0.2) is 4.98 Å². The Morgan fingerprint density at radius 3 is 2.57 bits per heavy atom. The maximum absolute atomic E-state index is 15.5. The molecule has 0 spiro atoms. The maximum atomic E-state index is 15.5. The molecule has 2 aromatic heterocycles. The van der Waals surface area contributed by atoms with Crippen molar-refractivity contribution in [3.8, 4) is 11.1 Å². The van der Waals surface area contributed by atoms with Crippen molar-refractivity contribution in [2.75, 3.05) is 16.8 Å².